The fraction of sp³-hybridized carbons (Fsp3) is 0.423. The van der Waals surface area contributed by atoms with E-state index in [1.54, 1.807) is 30.3 Å². The minimum atomic E-state index is -0.287. The fourth-order valence-electron chi connectivity index (χ4n) is 4.66. The van der Waals surface area contributed by atoms with Gasteiger partial charge in [-0.15, -0.1) is 0 Å². The smallest absolute Gasteiger partial charge is 0.255 e. The number of nitriles is 1. The number of hydrogen-bond donors (Lipinski definition) is 1. The summed E-state index contributed by atoms with van der Waals surface area (Å²) in [5.41, 5.74) is 3.48. The first-order valence-electron chi connectivity index (χ1n) is 11.6. The third-order valence-electron chi connectivity index (χ3n) is 6.65. The lowest BCUT2D eigenvalue weighted by atomic mass is 10.0. The van der Waals surface area contributed by atoms with Gasteiger partial charge in [0.25, 0.3) is 5.91 Å². The summed E-state index contributed by atoms with van der Waals surface area (Å²) in [5.74, 6) is -0.0942. The van der Waals surface area contributed by atoms with Crippen molar-refractivity contribution in [3.63, 3.8) is 0 Å². The molecule has 4 rings (SSSR count). The van der Waals surface area contributed by atoms with Gasteiger partial charge in [-0.1, -0.05) is 17.7 Å². The SMILES string of the molecule is Cc1c(CN2CCN(C(=O)C3CCOC3)C(C)C2)cc(Cl)cc1NC(=O)c1cccc(C#N)c1. The predicted octanol–water partition coefficient (Wildman–Crippen LogP) is 3.84. The minimum Gasteiger partial charge on any atom is -0.381 e. The Bertz CT molecular complexity index is 1120. The van der Waals surface area contributed by atoms with Crippen molar-refractivity contribution in [2.75, 3.05) is 38.2 Å². The Balaban J connectivity index is 1.43. The molecular formula is C26H29ClN4O3. The number of halogens is 1. The molecule has 2 amide bonds. The Labute approximate surface area is 205 Å². The standard InChI is InChI=1S/C26H29ClN4O3/c1-17-14-30(7-8-31(17)26(33)21-6-9-34-16-21)15-22-11-23(27)12-24(18(22)2)29-25(32)20-5-3-4-19(10-20)13-28/h3-5,10-12,17,21H,6-9,14-16H2,1-2H3,(H,29,32). The first kappa shape index (κ1) is 24.2. The minimum absolute atomic E-state index is 0.0100. The second kappa shape index (κ2) is 10.6. The van der Waals surface area contributed by atoms with Crippen LogP contribution in [0.5, 0.6) is 0 Å². The fourth-order valence-corrected chi connectivity index (χ4v) is 4.90. The van der Waals surface area contributed by atoms with Crippen LogP contribution in [-0.4, -0.2) is 60.5 Å². The second-order valence-electron chi connectivity index (χ2n) is 9.06. The maximum atomic E-state index is 12.8. The number of amides is 2. The van der Waals surface area contributed by atoms with Crippen LogP contribution in [0.3, 0.4) is 0 Å². The summed E-state index contributed by atoms with van der Waals surface area (Å²) in [6, 6.07) is 12.4. The molecule has 178 valence electrons. The van der Waals surface area contributed by atoms with Crippen molar-refractivity contribution < 1.29 is 14.3 Å². The number of nitrogens with one attached hydrogen (secondary N) is 1. The molecule has 2 saturated heterocycles. The predicted molar refractivity (Wildman–Crippen MR) is 131 cm³/mol. The molecule has 0 radical (unpaired) electrons. The maximum Gasteiger partial charge on any atom is 0.255 e. The van der Waals surface area contributed by atoms with Crippen LogP contribution >= 0.6 is 11.6 Å². The van der Waals surface area contributed by atoms with Crippen molar-refractivity contribution in [1.82, 2.24) is 9.80 Å². The Morgan fingerprint density at radius 3 is 2.79 bits per heavy atom. The highest BCUT2D eigenvalue weighted by Crippen LogP contribution is 2.28. The molecule has 0 aliphatic carbocycles. The highest BCUT2D eigenvalue weighted by molar-refractivity contribution is 6.31. The van der Waals surface area contributed by atoms with Gasteiger partial charge < -0.3 is 15.0 Å². The Morgan fingerprint density at radius 1 is 1.26 bits per heavy atom. The van der Waals surface area contributed by atoms with E-state index in [0.717, 1.165) is 30.6 Å². The van der Waals surface area contributed by atoms with E-state index in [0.29, 0.717) is 48.1 Å². The molecule has 2 heterocycles. The molecule has 2 fully saturated rings. The zero-order valence-electron chi connectivity index (χ0n) is 19.5. The molecule has 2 aliphatic rings. The Hall–Kier alpha value is -2.92. The van der Waals surface area contributed by atoms with Gasteiger partial charge in [-0.2, -0.15) is 5.26 Å². The highest BCUT2D eigenvalue weighted by atomic mass is 35.5. The topological polar surface area (TPSA) is 85.7 Å². The van der Waals surface area contributed by atoms with E-state index in [4.69, 9.17) is 21.6 Å². The van der Waals surface area contributed by atoms with E-state index < -0.39 is 0 Å². The summed E-state index contributed by atoms with van der Waals surface area (Å²) < 4.78 is 5.39. The number of carbonyl (C=O) groups excluding carboxylic acids is 2. The third kappa shape index (κ3) is 5.41. The molecule has 2 unspecified atom stereocenters. The van der Waals surface area contributed by atoms with Crippen LogP contribution in [0.4, 0.5) is 5.69 Å². The first-order valence-corrected chi connectivity index (χ1v) is 11.9. The van der Waals surface area contributed by atoms with Crippen molar-refractivity contribution >= 4 is 29.1 Å². The number of ether oxygens (including phenoxy) is 1. The van der Waals surface area contributed by atoms with Gasteiger partial charge in [0.05, 0.1) is 24.2 Å². The van der Waals surface area contributed by atoms with Crippen LogP contribution in [0.2, 0.25) is 5.02 Å². The van der Waals surface area contributed by atoms with Gasteiger partial charge in [0, 0.05) is 55.1 Å². The van der Waals surface area contributed by atoms with Crippen LogP contribution in [0, 0.1) is 24.2 Å². The summed E-state index contributed by atoms with van der Waals surface area (Å²) >= 11 is 6.41. The van der Waals surface area contributed by atoms with Crippen molar-refractivity contribution in [1.29, 1.82) is 5.26 Å². The summed E-state index contributed by atoms with van der Waals surface area (Å²) in [6.07, 6.45) is 0.808. The van der Waals surface area contributed by atoms with Gasteiger partial charge in [-0.25, -0.2) is 0 Å². The lowest BCUT2D eigenvalue weighted by Gasteiger charge is -2.41. The summed E-state index contributed by atoms with van der Waals surface area (Å²) in [6.45, 7) is 8.17. The van der Waals surface area contributed by atoms with Crippen LogP contribution in [0.25, 0.3) is 0 Å². The Kier molecular flexibility index (Phi) is 7.52. The maximum absolute atomic E-state index is 12.8. The number of benzene rings is 2. The zero-order chi connectivity index (χ0) is 24.2. The number of nitrogens with zero attached hydrogens (tertiary/aromatic N) is 3. The summed E-state index contributed by atoms with van der Waals surface area (Å²) in [4.78, 5) is 29.9. The number of piperazine rings is 1. The Morgan fingerprint density at radius 2 is 2.09 bits per heavy atom. The molecule has 0 saturated carbocycles. The number of anilines is 1. The van der Waals surface area contributed by atoms with Crippen molar-refractivity contribution in [3.8, 4) is 6.07 Å². The van der Waals surface area contributed by atoms with E-state index in [9.17, 15) is 9.59 Å². The lowest BCUT2D eigenvalue weighted by Crippen LogP contribution is -2.55. The van der Waals surface area contributed by atoms with Crippen LogP contribution < -0.4 is 5.32 Å². The number of carbonyl (C=O) groups is 2. The van der Waals surface area contributed by atoms with Crippen LogP contribution in [0.1, 0.15) is 40.4 Å². The molecule has 0 aromatic heterocycles. The normalized spacial score (nSPS) is 20.7. The zero-order valence-corrected chi connectivity index (χ0v) is 20.3. The van der Waals surface area contributed by atoms with Gasteiger partial charge in [-0.05, 0) is 61.7 Å². The summed E-state index contributed by atoms with van der Waals surface area (Å²) in [5, 5.41) is 12.6. The molecule has 2 atom stereocenters. The van der Waals surface area contributed by atoms with Gasteiger partial charge in [0.2, 0.25) is 5.91 Å². The molecule has 2 aliphatic heterocycles. The second-order valence-corrected chi connectivity index (χ2v) is 9.50. The lowest BCUT2D eigenvalue weighted by molar-refractivity contribution is -0.140. The van der Waals surface area contributed by atoms with E-state index in [2.05, 4.69) is 23.2 Å². The molecule has 34 heavy (non-hydrogen) atoms. The van der Waals surface area contributed by atoms with E-state index in [-0.39, 0.29) is 23.8 Å². The molecular weight excluding hydrogens is 452 g/mol. The molecule has 2 aromatic carbocycles. The van der Waals surface area contributed by atoms with Crippen molar-refractivity contribution in [2.45, 2.75) is 32.9 Å². The van der Waals surface area contributed by atoms with E-state index in [1.165, 1.54) is 0 Å². The van der Waals surface area contributed by atoms with Crippen LogP contribution in [0.15, 0.2) is 36.4 Å². The van der Waals surface area contributed by atoms with E-state index >= 15 is 0 Å². The van der Waals surface area contributed by atoms with Gasteiger partial charge >= 0.3 is 0 Å². The van der Waals surface area contributed by atoms with Crippen molar-refractivity contribution in [3.05, 3.63) is 63.7 Å². The van der Waals surface area contributed by atoms with Crippen molar-refractivity contribution in [2.24, 2.45) is 5.92 Å². The quantitative estimate of drug-likeness (QED) is 0.702. The summed E-state index contributed by atoms with van der Waals surface area (Å²) in [7, 11) is 0. The average Bonchev–Trinajstić information content (AvgIpc) is 3.37. The monoisotopic (exact) mass is 480 g/mol. The molecule has 1 N–H and O–H groups in total. The average molecular weight is 481 g/mol. The van der Waals surface area contributed by atoms with Gasteiger partial charge in [0.15, 0.2) is 0 Å². The largest absolute Gasteiger partial charge is 0.381 e. The molecule has 7 nitrogen and oxygen atoms in total. The molecule has 8 heteroatoms. The highest BCUT2D eigenvalue weighted by Gasteiger charge is 2.33. The van der Waals surface area contributed by atoms with Crippen LogP contribution in [-0.2, 0) is 16.1 Å². The van der Waals surface area contributed by atoms with Gasteiger partial charge in [0.1, 0.15) is 0 Å². The molecule has 0 spiro atoms. The first-order chi connectivity index (χ1) is 16.4. The number of hydrogen-bond acceptors (Lipinski definition) is 5. The number of rotatable bonds is 5. The van der Waals surface area contributed by atoms with Gasteiger partial charge in [-0.3, -0.25) is 14.5 Å². The molecule has 2 aromatic rings. The van der Waals surface area contributed by atoms with E-state index in [1.807, 2.05) is 17.9 Å². The molecule has 0 bridgehead atoms. The third-order valence-corrected chi connectivity index (χ3v) is 6.87.